The first-order chi connectivity index (χ1) is 14.9. The number of nitrogens with zero attached hydrogens (tertiary/aromatic N) is 2. The van der Waals surface area contributed by atoms with Gasteiger partial charge in [0.1, 0.15) is 11.9 Å². The predicted molar refractivity (Wildman–Crippen MR) is 118 cm³/mol. The van der Waals surface area contributed by atoms with Gasteiger partial charge in [0.05, 0.1) is 0 Å². The molecule has 3 aliphatic carbocycles. The minimum atomic E-state index is -2.84. The molecule has 168 valence electrons. The number of carbonyl (C=O) groups is 1. The highest BCUT2D eigenvalue weighted by molar-refractivity contribution is 7.55. The second kappa shape index (κ2) is 7.07. The average Bonchev–Trinajstić information content (AvgIpc) is 3.63. The highest BCUT2D eigenvalue weighted by Gasteiger charge is 2.56. The number of hydrogen-bond acceptors (Lipinski definition) is 4. The number of rotatable bonds is 5. The van der Waals surface area contributed by atoms with E-state index < -0.39 is 7.67 Å². The van der Waals surface area contributed by atoms with E-state index in [9.17, 15) is 9.36 Å². The summed E-state index contributed by atoms with van der Waals surface area (Å²) >= 11 is 0. The van der Waals surface area contributed by atoms with Crippen LogP contribution in [0.3, 0.4) is 0 Å². The van der Waals surface area contributed by atoms with Crippen LogP contribution in [0.25, 0.3) is 0 Å². The van der Waals surface area contributed by atoms with E-state index in [4.69, 9.17) is 9.26 Å². The van der Waals surface area contributed by atoms with E-state index in [1.165, 1.54) is 30.9 Å². The van der Waals surface area contributed by atoms with Crippen molar-refractivity contribution in [3.05, 3.63) is 29.3 Å². The number of ether oxygens (including phenoxy) is 1. The summed E-state index contributed by atoms with van der Waals surface area (Å²) < 4.78 is 29.2. The van der Waals surface area contributed by atoms with E-state index in [2.05, 4.69) is 19.1 Å². The monoisotopic (exact) mass is 444 g/mol. The molecule has 2 heterocycles. The van der Waals surface area contributed by atoms with Crippen molar-refractivity contribution in [3.8, 4) is 5.75 Å². The second-order valence-corrected chi connectivity index (χ2v) is 12.8. The lowest BCUT2D eigenvalue weighted by atomic mass is 9.55. The molecule has 6 nitrogen and oxygen atoms in total. The maximum atomic E-state index is 13.4. The summed E-state index contributed by atoms with van der Waals surface area (Å²) in [5, 5.41) is 0. The molecule has 0 radical (unpaired) electrons. The molecule has 4 fully saturated rings. The summed E-state index contributed by atoms with van der Waals surface area (Å²) in [6.07, 6.45) is 6.76. The smallest absolute Gasteiger partial charge is 0.395 e. The Morgan fingerprint density at radius 3 is 2.52 bits per heavy atom. The van der Waals surface area contributed by atoms with Crippen molar-refractivity contribution in [1.82, 2.24) is 9.34 Å². The van der Waals surface area contributed by atoms with Crippen molar-refractivity contribution in [2.75, 3.05) is 26.2 Å². The first-order valence-corrected chi connectivity index (χ1v) is 13.5. The zero-order valence-electron chi connectivity index (χ0n) is 18.6. The Kier molecular flexibility index (Phi) is 4.62. The number of esters is 1. The van der Waals surface area contributed by atoms with Crippen LogP contribution in [0.1, 0.15) is 63.0 Å². The normalized spacial score (nSPS) is 36.8. The van der Waals surface area contributed by atoms with Gasteiger partial charge in [-0.2, -0.15) is 0 Å². The van der Waals surface area contributed by atoms with E-state index in [-0.39, 0.29) is 17.5 Å². The third kappa shape index (κ3) is 3.29. The molecule has 31 heavy (non-hydrogen) atoms. The third-order valence-electron chi connectivity index (χ3n) is 8.71. The largest absolute Gasteiger partial charge is 0.462 e. The van der Waals surface area contributed by atoms with Gasteiger partial charge < -0.3 is 9.26 Å². The lowest BCUT2D eigenvalue weighted by Gasteiger charge is -2.50. The van der Waals surface area contributed by atoms with Gasteiger partial charge in [-0.1, -0.05) is 13.0 Å². The fourth-order valence-electron chi connectivity index (χ4n) is 6.99. The Morgan fingerprint density at radius 1 is 1.10 bits per heavy atom. The maximum absolute atomic E-state index is 13.4. The molecule has 2 saturated heterocycles. The summed E-state index contributed by atoms with van der Waals surface area (Å²) in [5.74, 6) is 2.50. The van der Waals surface area contributed by atoms with Gasteiger partial charge in [0.2, 0.25) is 0 Å². The van der Waals surface area contributed by atoms with Crippen LogP contribution in [0.2, 0.25) is 0 Å². The molecule has 0 bridgehead atoms. The molecule has 0 aromatic heterocycles. The minimum absolute atomic E-state index is 0.0807. The lowest BCUT2D eigenvalue weighted by Crippen LogP contribution is -2.45. The van der Waals surface area contributed by atoms with Gasteiger partial charge in [0.15, 0.2) is 0 Å². The van der Waals surface area contributed by atoms with E-state index in [0.717, 1.165) is 57.6 Å². The van der Waals surface area contributed by atoms with Gasteiger partial charge in [-0.25, -0.2) is 13.9 Å². The molecule has 0 unspecified atom stereocenters. The predicted octanol–water partition coefficient (Wildman–Crippen LogP) is 4.59. The zero-order chi connectivity index (χ0) is 21.4. The molecule has 1 aromatic carbocycles. The molecule has 1 aromatic rings. The van der Waals surface area contributed by atoms with Gasteiger partial charge in [-0.15, -0.1) is 0 Å². The molecule has 7 heteroatoms. The Bertz CT molecular complexity index is 943. The number of benzene rings is 1. The van der Waals surface area contributed by atoms with Crippen molar-refractivity contribution in [3.63, 3.8) is 0 Å². The molecule has 0 N–H and O–H groups in total. The van der Waals surface area contributed by atoms with Crippen LogP contribution in [0, 0.1) is 17.3 Å². The van der Waals surface area contributed by atoms with Crippen molar-refractivity contribution < 1.29 is 18.6 Å². The van der Waals surface area contributed by atoms with Crippen molar-refractivity contribution in [2.45, 2.75) is 64.4 Å². The van der Waals surface area contributed by atoms with Crippen LogP contribution in [-0.4, -0.2) is 47.6 Å². The van der Waals surface area contributed by atoms with Crippen LogP contribution in [-0.2, 0) is 20.5 Å². The summed E-state index contributed by atoms with van der Waals surface area (Å²) in [7, 11) is -2.84. The van der Waals surface area contributed by atoms with Crippen LogP contribution in [0.15, 0.2) is 18.2 Å². The Balaban J connectivity index is 1.23. The van der Waals surface area contributed by atoms with Crippen LogP contribution < -0.4 is 4.52 Å². The molecule has 0 amide bonds. The molecule has 5 atom stereocenters. The van der Waals surface area contributed by atoms with Crippen LogP contribution >= 0.6 is 7.67 Å². The molecular formula is C24H33N2O4P. The summed E-state index contributed by atoms with van der Waals surface area (Å²) in [4.78, 5) is 11.6. The average molecular weight is 445 g/mol. The first-order valence-electron chi connectivity index (χ1n) is 12.0. The fourth-order valence-corrected chi connectivity index (χ4v) is 9.15. The fraction of sp³-hybridized carbons (Fsp3) is 0.708. The molecule has 0 spiro atoms. The molecule has 2 aliphatic heterocycles. The first kappa shape index (κ1) is 20.3. The SMILES string of the molecule is CC(=O)O[C@@H]1CC[C@@H]2[C@@H]3CCc4cc(OP(=O)(N5CC5)N5CC5)ccc4[C@@H]3CC[C@@]21C. The van der Waals surface area contributed by atoms with Gasteiger partial charge >= 0.3 is 13.6 Å². The lowest BCUT2D eigenvalue weighted by molar-refractivity contribution is -0.154. The van der Waals surface area contributed by atoms with Gasteiger partial charge in [0.25, 0.3) is 0 Å². The Morgan fingerprint density at radius 2 is 1.84 bits per heavy atom. The Labute approximate surface area is 184 Å². The van der Waals surface area contributed by atoms with Gasteiger partial charge in [-0.3, -0.25) is 4.79 Å². The molecule has 2 saturated carbocycles. The highest BCUT2D eigenvalue weighted by Crippen LogP contribution is 2.63. The van der Waals surface area contributed by atoms with E-state index >= 15 is 0 Å². The summed E-state index contributed by atoms with van der Waals surface area (Å²) in [6, 6.07) is 6.46. The molecule has 6 rings (SSSR count). The minimum Gasteiger partial charge on any atom is -0.462 e. The number of hydrogen-bond donors (Lipinski definition) is 0. The number of fused-ring (bicyclic) bond motifs is 5. The molecular weight excluding hydrogens is 411 g/mol. The van der Waals surface area contributed by atoms with Crippen LogP contribution in [0.4, 0.5) is 0 Å². The van der Waals surface area contributed by atoms with Crippen molar-refractivity contribution in [1.29, 1.82) is 0 Å². The van der Waals surface area contributed by atoms with Gasteiger partial charge in [-0.05, 0) is 79.5 Å². The maximum Gasteiger partial charge on any atom is 0.395 e. The second-order valence-electron chi connectivity index (χ2n) is 10.5. The summed E-state index contributed by atoms with van der Waals surface area (Å²) in [5.41, 5.74) is 2.96. The Hall–Kier alpha value is -1.36. The van der Waals surface area contributed by atoms with Crippen molar-refractivity contribution >= 4 is 13.6 Å². The topological polar surface area (TPSA) is 58.6 Å². The van der Waals surface area contributed by atoms with Crippen molar-refractivity contribution in [2.24, 2.45) is 17.3 Å². The van der Waals surface area contributed by atoms with E-state index in [0.29, 0.717) is 17.8 Å². The number of carbonyl (C=O) groups excluding carboxylic acids is 1. The van der Waals surface area contributed by atoms with E-state index in [1.54, 1.807) is 0 Å². The van der Waals surface area contributed by atoms with Gasteiger partial charge in [0, 0.05) is 38.5 Å². The standard InChI is InChI=1S/C24H33N2O4P/c1-16(27)29-23-8-7-22-21-5-3-17-15-18(30-31(28,25-11-12-25)26-13-14-26)4-6-19(17)20(21)9-10-24(22,23)2/h4,6,15,20-23H,3,5,7-14H2,1-2H3/t20-,21+,22+,23+,24-/m0/s1. The third-order valence-corrected chi connectivity index (χ3v) is 11.4. The van der Waals surface area contributed by atoms with Crippen LogP contribution in [0.5, 0.6) is 5.75 Å². The van der Waals surface area contributed by atoms with E-state index in [1.807, 2.05) is 15.4 Å². The quantitative estimate of drug-likeness (QED) is 0.376. The highest BCUT2D eigenvalue weighted by atomic mass is 31.2. The number of aryl methyl sites for hydroxylation is 1. The molecule has 5 aliphatic rings. The summed E-state index contributed by atoms with van der Waals surface area (Å²) in [6.45, 7) is 7.39. The zero-order valence-corrected chi connectivity index (χ0v) is 19.5.